The maximum absolute atomic E-state index is 6.69. The van der Waals surface area contributed by atoms with Gasteiger partial charge in [-0.3, -0.25) is 0 Å². The molecule has 12 aromatic rings. The van der Waals surface area contributed by atoms with Crippen LogP contribution in [0.2, 0.25) is 0 Å². The first-order valence-electron chi connectivity index (χ1n) is 22.8. The highest BCUT2D eigenvalue weighted by Crippen LogP contribution is 2.43. The van der Waals surface area contributed by atoms with Crippen molar-refractivity contribution in [2.45, 2.75) is 18.8 Å². The van der Waals surface area contributed by atoms with Gasteiger partial charge in [0.1, 0.15) is 11.2 Å². The fourth-order valence-corrected chi connectivity index (χ4v) is 10.9. The van der Waals surface area contributed by atoms with Crippen LogP contribution in [0.5, 0.6) is 0 Å². The standard InChI is InChI=1S/C63H45NOS/c1-4-14-43(15-5-1)24-38-54(46-27-25-44(26-28-46)49-35-39-62-58(40-49)56-21-11-13-23-61(56)66-62)47-29-31-48(32-30-47)57-41-50(42-59-55-20-10-12-22-60(55)65-63(57)59)45-33-36-53(37-34-45)64(51-16-6-2-7-17-51)52-18-8-3-9-19-52/h1-23,25-37,39-42,54H,24,38H2. The minimum atomic E-state index is 0.221. The molecule has 0 aliphatic rings. The van der Waals surface area contributed by atoms with Crippen molar-refractivity contribution in [1.82, 2.24) is 0 Å². The second-order valence-electron chi connectivity index (χ2n) is 17.2. The fraction of sp³-hybridized carbons (Fsp3) is 0.0476. The molecule has 0 N–H and O–H groups in total. The molecule has 0 saturated heterocycles. The van der Waals surface area contributed by atoms with E-state index in [0.717, 1.165) is 74.1 Å². The van der Waals surface area contributed by atoms with Crippen LogP contribution in [0.3, 0.4) is 0 Å². The molecule has 0 saturated carbocycles. The highest BCUT2D eigenvalue weighted by Gasteiger charge is 2.19. The lowest BCUT2D eigenvalue weighted by Gasteiger charge is -2.25. The van der Waals surface area contributed by atoms with Gasteiger partial charge in [-0.15, -0.1) is 11.3 Å². The summed E-state index contributed by atoms with van der Waals surface area (Å²) in [6.45, 7) is 0. The van der Waals surface area contributed by atoms with Crippen molar-refractivity contribution in [3.05, 3.63) is 259 Å². The second kappa shape index (κ2) is 17.2. The van der Waals surface area contributed by atoms with Gasteiger partial charge in [0.25, 0.3) is 0 Å². The molecule has 2 nitrogen and oxygen atoms in total. The summed E-state index contributed by atoms with van der Waals surface area (Å²) in [5.41, 5.74) is 16.2. The quantitative estimate of drug-likeness (QED) is 0.129. The van der Waals surface area contributed by atoms with Crippen molar-refractivity contribution in [3.63, 3.8) is 0 Å². The first kappa shape index (κ1) is 39.6. The molecule has 10 aromatic carbocycles. The van der Waals surface area contributed by atoms with Gasteiger partial charge in [-0.05, 0) is 130 Å². The van der Waals surface area contributed by atoms with Gasteiger partial charge in [0.15, 0.2) is 0 Å². The molecule has 0 bridgehead atoms. The second-order valence-corrected chi connectivity index (χ2v) is 18.3. The Kier molecular flexibility index (Phi) is 10.3. The molecule has 2 aromatic heterocycles. The van der Waals surface area contributed by atoms with Crippen LogP contribution in [0.1, 0.15) is 29.0 Å². The Labute approximate surface area is 389 Å². The zero-order valence-corrected chi connectivity index (χ0v) is 37.2. The van der Waals surface area contributed by atoms with E-state index in [1.165, 1.54) is 48.0 Å². The van der Waals surface area contributed by atoms with Crippen LogP contribution >= 0.6 is 11.3 Å². The van der Waals surface area contributed by atoms with E-state index in [1.807, 2.05) is 11.3 Å². The zero-order chi connectivity index (χ0) is 43.8. The average Bonchev–Trinajstić information content (AvgIpc) is 3.96. The van der Waals surface area contributed by atoms with Crippen molar-refractivity contribution in [1.29, 1.82) is 0 Å². The van der Waals surface area contributed by atoms with Gasteiger partial charge in [0.2, 0.25) is 0 Å². The van der Waals surface area contributed by atoms with Gasteiger partial charge < -0.3 is 9.32 Å². The first-order chi connectivity index (χ1) is 32.7. The van der Waals surface area contributed by atoms with E-state index in [1.54, 1.807) is 0 Å². The van der Waals surface area contributed by atoms with Gasteiger partial charge in [-0.2, -0.15) is 0 Å². The highest BCUT2D eigenvalue weighted by atomic mass is 32.1. The van der Waals surface area contributed by atoms with E-state index < -0.39 is 0 Å². The number of thiophene rings is 1. The van der Waals surface area contributed by atoms with Crippen LogP contribution in [0, 0.1) is 0 Å². The molecule has 1 atom stereocenters. The Bertz CT molecular complexity index is 3570. The van der Waals surface area contributed by atoms with Crippen LogP contribution in [0.4, 0.5) is 17.1 Å². The zero-order valence-electron chi connectivity index (χ0n) is 36.3. The molecular formula is C63H45NOS. The Morgan fingerprint density at radius 2 is 0.894 bits per heavy atom. The van der Waals surface area contributed by atoms with E-state index in [4.69, 9.17) is 4.42 Å². The van der Waals surface area contributed by atoms with Crippen LogP contribution in [-0.2, 0) is 6.42 Å². The summed E-state index contributed by atoms with van der Waals surface area (Å²) in [5.74, 6) is 0.221. The molecule has 0 aliphatic carbocycles. The minimum absolute atomic E-state index is 0.221. The summed E-state index contributed by atoms with van der Waals surface area (Å²) >= 11 is 1.87. The number of furan rings is 1. The lowest BCUT2D eigenvalue weighted by Crippen LogP contribution is -2.09. The molecule has 0 radical (unpaired) electrons. The SMILES string of the molecule is c1ccc(CCC(c2ccc(-c3ccc4sc5ccccc5c4c3)cc2)c2ccc(-c3cc(-c4ccc(N(c5ccccc5)c5ccccc5)cc4)cc4c3oc3ccccc34)cc2)cc1. The Morgan fingerprint density at radius 1 is 0.379 bits per heavy atom. The minimum Gasteiger partial charge on any atom is -0.455 e. The van der Waals surface area contributed by atoms with Gasteiger partial charge in [-0.25, -0.2) is 0 Å². The third kappa shape index (κ3) is 7.54. The smallest absolute Gasteiger partial charge is 0.143 e. The van der Waals surface area contributed by atoms with E-state index in [-0.39, 0.29) is 5.92 Å². The number of fused-ring (bicyclic) bond motifs is 6. The van der Waals surface area contributed by atoms with E-state index in [9.17, 15) is 0 Å². The van der Waals surface area contributed by atoms with Gasteiger partial charge >= 0.3 is 0 Å². The number of anilines is 3. The van der Waals surface area contributed by atoms with Gasteiger partial charge in [0, 0.05) is 59.5 Å². The monoisotopic (exact) mass is 863 g/mol. The van der Waals surface area contributed by atoms with E-state index in [2.05, 4.69) is 248 Å². The van der Waals surface area contributed by atoms with Crippen molar-refractivity contribution in [3.8, 4) is 33.4 Å². The lowest BCUT2D eigenvalue weighted by molar-refractivity contribution is 0.670. The predicted octanol–water partition coefficient (Wildman–Crippen LogP) is 18.2. The van der Waals surface area contributed by atoms with Crippen molar-refractivity contribution in [2.75, 3.05) is 4.90 Å². The number of hydrogen-bond donors (Lipinski definition) is 0. The number of rotatable bonds is 11. The molecule has 0 fully saturated rings. The maximum Gasteiger partial charge on any atom is 0.143 e. The maximum atomic E-state index is 6.69. The molecule has 66 heavy (non-hydrogen) atoms. The molecule has 1 unspecified atom stereocenters. The van der Waals surface area contributed by atoms with E-state index in [0.29, 0.717) is 0 Å². The summed E-state index contributed by atoms with van der Waals surface area (Å²) < 4.78 is 9.36. The number of aryl methyl sites for hydroxylation is 1. The normalized spacial score (nSPS) is 12.0. The summed E-state index contributed by atoms with van der Waals surface area (Å²) in [5, 5.41) is 4.90. The predicted molar refractivity (Wildman–Crippen MR) is 281 cm³/mol. The summed E-state index contributed by atoms with van der Waals surface area (Å²) in [6, 6.07) is 88.2. The number of nitrogens with zero attached hydrogens (tertiary/aromatic N) is 1. The van der Waals surface area contributed by atoms with E-state index >= 15 is 0 Å². The van der Waals surface area contributed by atoms with Gasteiger partial charge in [-0.1, -0.05) is 170 Å². The molecule has 3 heteroatoms. The lowest BCUT2D eigenvalue weighted by atomic mass is 9.85. The third-order valence-electron chi connectivity index (χ3n) is 13.2. The van der Waals surface area contributed by atoms with Crippen molar-refractivity contribution in [2.24, 2.45) is 0 Å². The first-order valence-corrected chi connectivity index (χ1v) is 23.6. The molecule has 12 rings (SSSR count). The topological polar surface area (TPSA) is 16.4 Å². The van der Waals surface area contributed by atoms with Crippen LogP contribution < -0.4 is 4.90 Å². The summed E-state index contributed by atoms with van der Waals surface area (Å²) in [6.07, 6.45) is 1.99. The molecule has 0 amide bonds. The molecule has 0 spiro atoms. The van der Waals surface area contributed by atoms with Crippen LogP contribution in [0.25, 0.3) is 75.5 Å². The number of para-hydroxylation sites is 3. The summed E-state index contributed by atoms with van der Waals surface area (Å²) in [4.78, 5) is 2.30. The number of benzene rings is 10. The molecule has 2 heterocycles. The number of hydrogen-bond acceptors (Lipinski definition) is 3. The van der Waals surface area contributed by atoms with Crippen LogP contribution in [0.15, 0.2) is 247 Å². The Balaban J connectivity index is 0.899. The van der Waals surface area contributed by atoms with Gasteiger partial charge in [0.05, 0.1) is 0 Å². The summed E-state index contributed by atoms with van der Waals surface area (Å²) in [7, 11) is 0. The third-order valence-corrected chi connectivity index (χ3v) is 14.3. The molecule has 314 valence electrons. The molecular weight excluding hydrogens is 819 g/mol. The Hall–Kier alpha value is -7.98. The fourth-order valence-electron chi connectivity index (χ4n) is 9.80. The van der Waals surface area contributed by atoms with Crippen molar-refractivity contribution >= 4 is 70.5 Å². The van der Waals surface area contributed by atoms with Crippen LogP contribution in [-0.4, -0.2) is 0 Å². The van der Waals surface area contributed by atoms with Crippen molar-refractivity contribution < 1.29 is 4.42 Å². The Morgan fingerprint density at radius 3 is 1.59 bits per heavy atom. The largest absolute Gasteiger partial charge is 0.455 e. The average molecular weight is 864 g/mol. The highest BCUT2D eigenvalue weighted by molar-refractivity contribution is 7.25. The molecule has 0 aliphatic heterocycles.